The first-order valence-electron chi connectivity index (χ1n) is 10.1. The number of hydrogen-bond donors (Lipinski definition) is 2. The number of benzene rings is 2. The second kappa shape index (κ2) is 8.19. The maximum absolute atomic E-state index is 13.9. The van der Waals surface area contributed by atoms with Gasteiger partial charge in [-0.05, 0) is 50.1 Å². The van der Waals surface area contributed by atoms with Crippen molar-refractivity contribution in [1.82, 2.24) is 0 Å². The maximum Gasteiger partial charge on any atom is 0.414 e. The number of fused-ring (bicyclic) bond motifs is 3. The molecule has 10 heteroatoms. The van der Waals surface area contributed by atoms with E-state index in [1.807, 2.05) is 6.92 Å². The highest BCUT2D eigenvalue weighted by Crippen LogP contribution is 2.49. The van der Waals surface area contributed by atoms with Gasteiger partial charge in [-0.1, -0.05) is 0 Å². The number of ether oxygens (including phenoxy) is 2. The number of amides is 2. The first-order valence-corrected chi connectivity index (χ1v) is 10.1. The minimum atomic E-state index is -1.36. The van der Waals surface area contributed by atoms with Crippen LogP contribution in [0.1, 0.15) is 30.7 Å². The van der Waals surface area contributed by atoms with E-state index in [0.717, 1.165) is 11.0 Å². The first-order chi connectivity index (χ1) is 15.3. The van der Waals surface area contributed by atoms with Crippen molar-refractivity contribution in [2.45, 2.75) is 32.0 Å². The predicted molar refractivity (Wildman–Crippen MR) is 115 cm³/mol. The summed E-state index contributed by atoms with van der Waals surface area (Å²) in [4.78, 5) is 28.6. The highest BCUT2D eigenvalue weighted by molar-refractivity contribution is 6.01. The molecule has 170 valence electrons. The number of aliphatic hydroxyl groups excluding tert-OH is 1. The largest absolute Gasteiger partial charge is 0.496 e. The Kier molecular flexibility index (Phi) is 5.55. The van der Waals surface area contributed by atoms with Crippen LogP contribution < -0.4 is 19.4 Å². The molecule has 2 N–H and O–H groups in total. The molecule has 0 aliphatic carbocycles. The van der Waals surface area contributed by atoms with Gasteiger partial charge in [0.05, 0.1) is 31.3 Å². The second-order valence-electron chi connectivity index (χ2n) is 7.74. The smallest absolute Gasteiger partial charge is 0.414 e. The van der Waals surface area contributed by atoms with Crippen molar-refractivity contribution in [3.05, 3.63) is 47.3 Å². The zero-order valence-corrected chi connectivity index (χ0v) is 17.9. The van der Waals surface area contributed by atoms with E-state index < -0.39 is 24.2 Å². The fourth-order valence-electron chi connectivity index (χ4n) is 4.45. The molecule has 9 nitrogen and oxygen atoms in total. The fraction of sp³-hybridized carbons (Fsp3) is 0.364. The summed E-state index contributed by atoms with van der Waals surface area (Å²) in [6.45, 7) is 1.73. The lowest BCUT2D eigenvalue weighted by molar-refractivity contribution is 0.167. The van der Waals surface area contributed by atoms with Gasteiger partial charge in [-0.2, -0.15) is 0 Å². The van der Waals surface area contributed by atoms with E-state index in [2.05, 4.69) is 0 Å². The minimum absolute atomic E-state index is 0.120. The SMILES string of the molecule is COC(=O)N1c2ccc3c(c2CCC1C)N(C(=O)O)CN3[C@H](O)c1cc(F)ccc1OC. The number of nitrogens with zero attached hydrogens (tertiary/aromatic N) is 3. The topological polar surface area (TPSA) is 103 Å². The van der Waals surface area contributed by atoms with E-state index in [9.17, 15) is 24.2 Å². The summed E-state index contributed by atoms with van der Waals surface area (Å²) in [6.07, 6.45) is -1.93. The summed E-state index contributed by atoms with van der Waals surface area (Å²) in [6, 6.07) is 7.03. The van der Waals surface area contributed by atoms with E-state index in [1.54, 1.807) is 12.1 Å². The Morgan fingerprint density at radius 3 is 2.56 bits per heavy atom. The number of aliphatic hydroxyl groups is 1. The zero-order valence-electron chi connectivity index (χ0n) is 17.9. The summed E-state index contributed by atoms with van der Waals surface area (Å²) in [7, 11) is 2.70. The molecule has 0 radical (unpaired) electrons. The Morgan fingerprint density at radius 1 is 1.19 bits per heavy atom. The van der Waals surface area contributed by atoms with E-state index in [0.29, 0.717) is 35.5 Å². The minimum Gasteiger partial charge on any atom is -0.496 e. The van der Waals surface area contributed by atoms with Gasteiger partial charge in [0.15, 0.2) is 6.23 Å². The Morgan fingerprint density at radius 2 is 1.91 bits per heavy atom. The van der Waals surface area contributed by atoms with Crippen molar-refractivity contribution >= 4 is 29.2 Å². The third-order valence-electron chi connectivity index (χ3n) is 5.99. The molecule has 0 bridgehead atoms. The normalized spacial score (nSPS) is 18.2. The van der Waals surface area contributed by atoms with Crippen LogP contribution in [0.4, 0.5) is 31.0 Å². The van der Waals surface area contributed by atoms with E-state index in [4.69, 9.17) is 9.47 Å². The van der Waals surface area contributed by atoms with Crippen molar-refractivity contribution in [3.8, 4) is 5.75 Å². The Hall–Kier alpha value is -3.53. The highest BCUT2D eigenvalue weighted by Gasteiger charge is 2.40. The molecule has 32 heavy (non-hydrogen) atoms. The number of rotatable bonds is 3. The third-order valence-corrected chi connectivity index (χ3v) is 5.99. The number of hydrogen-bond acceptors (Lipinski definition) is 6. The van der Waals surface area contributed by atoms with Crippen LogP contribution in [0.3, 0.4) is 0 Å². The number of methoxy groups -OCH3 is 2. The van der Waals surface area contributed by atoms with Gasteiger partial charge < -0.3 is 24.6 Å². The summed E-state index contributed by atoms with van der Waals surface area (Å²) in [5.74, 6) is -0.277. The lowest BCUT2D eigenvalue weighted by Crippen LogP contribution is -2.42. The molecule has 0 saturated heterocycles. The molecule has 2 aromatic rings. The second-order valence-corrected chi connectivity index (χ2v) is 7.74. The monoisotopic (exact) mass is 445 g/mol. The van der Waals surface area contributed by atoms with Crippen molar-refractivity contribution in [3.63, 3.8) is 0 Å². The molecule has 2 aromatic carbocycles. The van der Waals surface area contributed by atoms with Crippen LogP contribution in [0, 0.1) is 5.82 Å². The van der Waals surface area contributed by atoms with Crippen LogP contribution in [0.5, 0.6) is 5.75 Å². The quantitative estimate of drug-likeness (QED) is 0.743. The van der Waals surface area contributed by atoms with E-state index in [-0.39, 0.29) is 24.0 Å². The summed E-state index contributed by atoms with van der Waals surface area (Å²) < 4.78 is 24.1. The van der Waals surface area contributed by atoms with E-state index >= 15 is 0 Å². The predicted octanol–water partition coefficient (Wildman–Crippen LogP) is 3.69. The number of carbonyl (C=O) groups is 2. The Labute approximate surface area is 184 Å². The van der Waals surface area contributed by atoms with E-state index in [1.165, 1.54) is 36.2 Å². The molecule has 0 spiro atoms. The Bertz CT molecular complexity index is 1080. The highest BCUT2D eigenvalue weighted by atomic mass is 19.1. The van der Waals surface area contributed by atoms with Gasteiger partial charge >= 0.3 is 12.2 Å². The molecule has 0 fully saturated rings. The fourth-order valence-corrected chi connectivity index (χ4v) is 4.45. The van der Waals surface area contributed by atoms with Gasteiger partial charge in [0, 0.05) is 17.2 Å². The van der Waals surface area contributed by atoms with Crippen LogP contribution in [-0.2, 0) is 11.2 Å². The average molecular weight is 445 g/mol. The van der Waals surface area contributed by atoms with Crippen LogP contribution in [0.25, 0.3) is 0 Å². The number of halogens is 1. The molecule has 2 amide bonds. The van der Waals surface area contributed by atoms with Crippen LogP contribution in [0.15, 0.2) is 30.3 Å². The van der Waals surface area contributed by atoms with Crippen LogP contribution >= 0.6 is 0 Å². The van der Waals surface area contributed by atoms with Gasteiger partial charge in [0.25, 0.3) is 0 Å². The summed E-state index contributed by atoms with van der Waals surface area (Å²) in [5.41, 5.74) is 2.28. The number of anilines is 3. The van der Waals surface area contributed by atoms with Crippen molar-refractivity contribution in [2.24, 2.45) is 0 Å². The van der Waals surface area contributed by atoms with Gasteiger partial charge in [-0.3, -0.25) is 9.80 Å². The zero-order chi connectivity index (χ0) is 23.2. The molecule has 0 saturated carbocycles. The summed E-state index contributed by atoms with van der Waals surface area (Å²) in [5, 5.41) is 21.0. The van der Waals surface area contributed by atoms with Gasteiger partial charge in [0.2, 0.25) is 0 Å². The third kappa shape index (κ3) is 3.36. The molecular weight excluding hydrogens is 421 g/mol. The lowest BCUT2D eigenvalue weighted by Gasteiger charge is -2.35. The maximum atomic E-state index is 13.9. The molecule has 4 rings (SSSR count). The molecular formula is C22H24FN3O6. The molecule has 1 unspecified atom stereocenters. The molecule has 2 heterocycles. The summed E-state index contributed by atoms with van der Waals surface area (Å²) >= 11 is 0. The van der Waals surface area contributed by atoms with Crippen molar-refractivity contribution < 1.29 is 33.7 Å². The van der Waals surface area contributed by atoms with Crippen molar-refractivity contribution in [2.75, 3.05) is 35.6 Å². The molecule has 2 atom stereocenters. The molecule has 2 aliphatic heterocycles. The average Bonchev–Trinajstić information content (AvgIpc) is 3.18. The first kappa shape index (κ1) is 21.7. The van der Waals surface area contributed by atoms with Gasteiger partial charge in [0.1, 0.15) is 18.2 Å². The Balaban J connectivity index is 1.84. The number of carboxylic acid groups (broad SMARTS) is 1. The molecule has 0 aromatic heterocycles. The number of carbonyl (C=O) groups excluding carboxylic acids is 1. The van der Waals surface area contributed by atoms with Crippen LogP contribution in [0.2, 0.25) is 0 Å². The van der Waals surface area contributed by atoms with Gasteiger partial charge in [-0.15, -0.1) is 0 Å². The van der Waals surface area contributed by atoms with Crippen molar-refractivity contribution in [1.29, 1.82) is 0 Å². The lowest BCUT2D eigenvalue weighted by atomic mass is 9.94. The van der Waals surface area contributed by atoms with Gasteiger partial charge in [-0.25, -0.2) is 14.0 Å². The molecule has 2 aliphatic rings. The standard InChI is InChI=1S/C22H24FN3O6/c1-12-4-6-14-16(26(12)22(30)32-3)7-8-17-19(14)25(21(28)29)11-24(17)20(27)15-10-13(23)5-9-18(15)31-2/h5,7-10,12,20,27H,4,6,11H2,1-3H3,(H,28,29)/t12?,20-/m1/s1. The van der Waals surface area contributed by atoms with Crippen LogP contribution in [-0.4, -0.2) is 49.3 Å².